The van der Waals surface area contributed by atoms with Gasteiger partial charge in [0.1, 0.15) is 0 Å². The minimum Gasteiger partial charge on any atom is -0.381 e. The van der Waals surface area contributed by atoms with Gasteiger partial charge < -0.3 is 10.3 Å². The molecule has 0 spiro atoms. The van der Waals surface area contributed by atoms with E-state index in [2.05, 4.69) is 66.6 Å². The predicted octanol–water partition coefficient (Wildman–Crippen LogP) is 4.82. The molecule has 3 rings (SSSR count). The first-order valence-corrected chi connectivity index (χ1v) is 6.59. The van der Waals surface area contributed by atoms with E-state index in [1.807, 2.05) is 6.20 Å². The highest BCUT2D eigenvalue weighted by Crippen LogP contribution is 2.17. The monoisotopic (exact) mass is 286 g/mol. The van der Waals surface area contributed by atoms with E-state index in [0.717, 1.165) is 6.54 Å². The lowest BCUT2D eigenvalue weighted by Gasteiger charge is -2.09. The zero-order valence-corrected chi connectivity index (χ0v) is 12.6. The summed E-state index contributed by atoms with van der Waals surface area (Å²) in [6, 6.07) is 15.2. The van der Waals surface area contributed by atoms with E-state index in [1.54, 1.807) is 0 Å². The van der Waals surface area contributed by atoms with Crippen LogP contribution in [0, 0.1) is 13.8 Å². The molecule has 2 N–H and O–H groups in total. The predicted molar refractivity (Wildman–Crippen MR) is 88.8 cm³/mol. The van der Waals surface area contributed by atoms with E-state index in [4.69, 9.17) is 0 Å². The second-order valence-electron chi connectivity index (χ2n) is 5.13. The van der Waals surface area contributed by atoms with Gasteiger partial charge in [-0.05, 0) is 66.3 Å². The summed E-state index contributed by atoms with van der Waals surface area (Å²) in [5.41, 5.74) is 6.26. The van der Waals surface area contributed by atoms with Crippen molar-refractivity contribution in [1.82, 2.24) is 4.98 Å². The van der Waals surface area contributed by atoms with Gasteiger partial charge in [-0.1, -0.05) is 12.1 Å². The van der Waals surface area contributed by atoms with Crippen LogP contribution in [0.15, 0.2) is 48.7 Å². The Hall–Kier alpha value is -1.93. The molecule has 104 valence electrons. The van der Waals surface area contributed by atoms with Crippen LogP contribution in [0.4, 0.5) is 5.69 Å². The van der Waals surface area contributed by atoms with E-state index in [0.29, 0.717) is 0 Å². The van der Waals surface area contributed by atoms with Crippen LogP contribution < -0.4 is 5.32 Å². The number of hydrogen-bond donors (Lipinski definition) is 2. The van der Waals surface area contributed by atoms with Crippen LogP contribution in [0.2, 0.25) is 0 Å². The normalized spacial score (nSPS) is 10.3. The number of aryl methyl sites for hydroxylation is 2. The molecule has 1 aromatic heterocycles. The number of rotatable bonds is 3. The molecule has 2 nitrogen and oxygen atoms in total. The van der Waals surface area contributed by atoms with Gasteiger partial charge in [0.05, 0.1) is 0 Å². The second kappa shape index (κ2) is 6.02. The van der Waals surface area contributed by atoms with Crippen molar-refractivity contribution in [2.75, 3.05) is 5.32 Å². The summed E-state index contributed by atoms with van der Waals surface area (Å²) in [7, 11) is 0. The zero-order chi connectivity index (χ0) is 13.2. The van der Waals surface area contributed by atoms with E-state index in [9.17, 15) is 0 Å². The molecule has 3 aromatic rings. The summed E-state index contributed by atoms with van der Waals surface area (Å²) < 4.78 is 0. The van der Waals surface area contributed by atoms with Gasteiger partial charge in [0, 0.05) is 23.9 Å². The molecule has 0 bridgehead atoms. The van der Waals surface area contributed by atoms with Crippen LogP contribution in [0.3, 0.4) is 0 Å². The number of anilines is 1. The number of H-pyrrole nitrogens is 1. The Morgan fingerprint density at radius 3 is 2.45 bits per heavy atom. The first-order chi connectivity index (χ1) is 9.20. The van der Waals surface area contributed by atoms with Gasteiger partial charge in [-0.25, -0.2) is 0 Å². The largest absolute Gasteiger partial charge is 0.381 e. The number of hydrogen-bond acceptors (Lipinski definition) is 1. The molecule has 0 aliphatic heterocycles. The van der Waals surface area contributed by atoms with Crippen molar-refractivity contribution < 1.29 is 0 Å². The summed E-state index contributed by atoms with van der Waals surface area (Å²) >= 11 is 0. The Balaban J connectivity index is 0.00000147. The van der Waals surface area contributed by atoms with Crippen molar-refractivity contribution in [3.63, 3.8) is 0 Å². The molecule has 1 heterocycles. The number of halogens is 1. The van der Waals surface area contributed by atoms with Crippen molar-refractivity contribution in [2.24, 2.45) is 0 Å². The van der Waals surface area contributed by atoms with Gasteiger partial charge >= 0.3 is 0 Å². The lowest BCUT2D eigenvalue weighted by Crippen LogP contribution is -1.99. The molecule has 0 atom stereocenters. The van der Waals surface area contributed by atoms with Crippen LogP contribution in [0.25, 0.3) is 10.9 Å². The number of aromatic nitrogens is 1. The Labute approximate surface area is 125 Å². The summed E-state index contributed by atoms with van der Waals surface area (Å²) in [6.45, 7) is 5.11. The van der Waals surface area contributed by atoms with Crippen LogP contribution >= 0.6 is 12.4 Å². The van der Waals surface area contributed by atoms with Crippen LogP contribution in [0.5, 0.6) is 0 Å². The average molecular weight is 287 g/mol. The SMILES string of the molecule is Cc1cc(C)cc(NCc2ccc3[nH]ccc3c2)c1.Cl. The highest BCUT2D eigenvalue weighted by molar-refractivity contribution is 5.85. The third kappa shape index (κ3) is 3.14. The first-order valence-electron chi connectivity index (χ1n) is 6.59. The lowest BCUT2D eigenvalue weighted by molar-refractivity contribution is 1.15. The van der Waals surface area contributed by atoms with E-state index >= 15 is 0 Å². The fourth-order valence-electron chi connectivity index (χ4n) is 2.49. The van der Waals surface area contributed by atoms with Gasteiger partial charge in [-0.15, -0.1) is 12.4 Å². The molecule has 2 aromatic carbocycles. The molecule has 0 saturated heterocycles. The Bertz CT molecular complexity index is 696. The van der Waals surface area contributed by atoms with Crippen LogP contribution in [-0.2, 0) is 6.54 Å². The summed E-state index contributed by atoms with van der Waals surface area (Å²) in [5, 5.41) is 4.75. The smallest absolute Gasteiger partial charge is 0.0454 e. The molecule has 0 saturated carbocycles. The molecular formula is C17H19ClN2. The third-order valence-corrected chi connectivity index (χ3v) is 3.34. The molecule has 0 aliphatic rings. The summed E-state index contributed by atoms with van der Waals surface area (Å²) in [5.74, 6) is 0. The molecule has 0 amide bonds. The minimum absolute atomic E-state index is 0. The summed E-state index contributed by atoms with van der Waals surface area (Å²) in [6.07, 6.45) is 1.98. The Morgan fingerprint density at radius 1 is 0.950 bits per heavy atom. The molecule has 0 aliphatic carbocycles. The van der Waals surface area contributed by atoms with Gasteiger partial charge in [-0.2, -0.15) is 0 Å². The number of fused-ring (bicyclic) bond motifs is 1. The van der Waals surface area contributed by atoms with Crippen molar-refractivity contribution in [3.8, 4) is 0 Å². The number of aromatic amines is 1. The van der Waals surface area contributed by atoms with Crippen molar-refractivity contribution >= 4 is 29.0 Å². The standard InChI is InChI=1S/C17H18N2.ClH/c1-12-7-13(2)9-16(8-12)19-11-14-3-4-17-15(10-14)5-6-18-17;/h3-10,18-19H,11H2,1-2H3;1H. The molecule has 0 fully saturated rings. The molecule has 0 unspecified atom stereocenters. The summed E-state index contributed by atoms with van der Waals surface area (Å²) in [4.78, 5) is 3.22. The second-order valence-corrected chi connectivity index (χ2v) is 5.13. The Morgan fingerprint density at radius 2 is 1.70 bits per heavy atom. The molecular weight excluding hydrogens is 268 g/mol. The van der Waals surface area contributed by atoms with E-state index in [-0.39, 0.29) is 12.4 Å². The Kier molecular flexibility index (Phi) is 4.35. The van der Waals surface area contributed by atoms with Crippen LogP contribution in [-0.4, -0.2) is 4.98 Å². The highest BCUT2D eigenvalue weighted by Gasteiger charge is 1.99. The quantitative estimate of drug-likeness (QED) is 0.710. The maximum Gasteiger partial charge on any atom is 0.0454 e. The topological polar surface area (TPSA) is 27.8 Å². The molecule has 0 radical (unpaired) electrons. The highest BCUT2D eigenvalue weighted by atomic mass is 35.5. The van der Waals surface area contributed by atoms with Crippen molar-refractivity contribution in [3.05, 3.63) is 65.4 Å². The number of nitrogens with one attached hydrogen (secondary N) is 2. The third-order valence-electron chi connectivity index (χ3n) is 3.34. The fraction of sp³-hybridized carbons (Fsp3) is 0.176. The maximum atomic E-state index is 3.49. The van der Waals surface area contributed by atoms with Gasteiger partial charge in [-0.3, -0.25) is 0 Å². The van der Waals surface area contributed by atoms with E-state index in [1.165, 1.54) is 33.3 Å². The maximum absolute atomic E-state index is 3.49. The average Bonchev–Trinajstić information content (AvgIpc) is 2.82. The zero-order valence-electron chi connectivity index (χ0n) is 11.7. The van der Waals surface area contributed by atoms with Crippen molar-refractivity contribution in [1.29, 1.82) is 0 Å². The van der Waals surface area contributed by atoms with Gasteiger partial charge in [0.2, 0.25) is 0 Å². The molecule has 20 heavy (non-hydrogen) atoms. The molecule has 3 heteroatoms. The number of benzene rings is 2. The first kappa shape index (κ1) is 14.5. The lowest BCUT2D eigenvalue weighted by atomic mass is 10.1. The van der Waals surface area contributed by atoms with Gasteiger partial charge in [0.15, 0.2) is 0 Å². The fourth-order valence-corrected chi connectivity index (χ4v) is 2.49. The van der Waals surface area contributed by atoms with E-state index < -0.39 is 0 Å². The van der Waals surface area contributed by atoms with Crippen molar-refractivity contribution in [2.45, 2.75) is 20.4 Å². The van der Waals surface area contributed by atoms with Crippen LogP contribution in [0.1, 0.15) is 16.7 Å². The van der Waals surface area contributed by atoms with Gasteiger partial charge in [0.25, 0.3) is 0 Å². The minimum atomic E-state index is 0.